The molecule has 0 saturated heterocycles. The Balaban J connectivity index is 2.47. The molecule has 0 saturated carbocycles. The van der Waals surface area contributed by atoms with Gasteiger partial charge in [-0.25, -0.2) is 4.98 Å². The Morgan fingerprint density at radius 2 is 1.45 bits per heavy atom. The fourth-order valence-electron chi connectivity index (χ4n) is 2.92. The third kappa shape index (κ3) is 8.41. The maximum atomic E-state index is 6.28. The van der Waals surface area contributed by atoms with Crippen molar-refractivity contribution in [3.63, 3.8) is 0 Å². The summed E-state index contributed by atoms with van der Waals surface area (Å²) in [5.74, 6) is 0.772. The number of hydrogen-bond donors (Lipinski definition) is 0. The van der Waals surface area contributed by atoms with Gasteiger partial charge in [0.25, 0.3) is 0 Å². The molecule has 0 aliphatic heterocycles. The zero-order valence-electron chi connectivity index (χ0n) is 14.9. The van der Waals surface area contributed by atoms with Crippen molar-refractivity contribution >= 4 is 0 Å². The molecule has 0 fully saturated rings. The lowest BCUT2D eigenvalue weighted by Gasteiger charge is -2.30. The molecule has 0 N–H and O–H groups in total. The molecule has 0 aliphatic carbocycles. The number of ether oxygens (including phenoxy) is 1. The van der Waals surface area contributed by atoms with E-state index in [0.29, 0.717) is 0 Å². The summed E-state index contributed by atoms with van der Waals surface area (Å²) in [5, 5.41) is 0. The Kier molecular flexibility index (Phi) is 9.94. The van der Waals surface area contributed by atoms with Crippen molar-refractivity contribution in [1.29, 1.82) is 0 Å². The van der Waals surface area contributed by atoms with Crippen LogP contribution in [0.3, 0.4) is 0 Å². The molecule has 0 bridgehead atoms. The molecule has 0 aromatic carbocycles. The SMILES string of the molecule is CCCCCCCC(C)(CCCCCC)Oc1ccccn1. The first-order valence-electron chi connectivity index (χ1n) is 9.30. The van der Waals surface area contributed by atoms with E-state index in [-0.39, 0.29) is 5.60 Å². The van der Waals surface area contributed by atoms with Gasteiger partial charge in [-0.3, -0.25) is 0 Å². The van der Waals surface area contributed by atoms with Crippen molar-refractivity contribution in [1.82, 2.24) is 4.98 Å². The highest BCUT2D eigenvalue weighted by Gasteiger charge is 2.25. The lowest BCUT2D eigenvalue weighted by atomic mass is 9.91. The average Bonchev–Trinajstić information content (AvgIpc) is 2.52. The second kappa shape index (κ2) is 11.5. The van der Waals surface area contributed by atoms with E-state index in [1.807, 2.05) is 24.4 Å². The molecule has 126 valence electrons. The van der Waals surface area contributed by atoms with Crippen LogP contribution in [-0.4, -0.2) is 10.6 Å². The fraction of sp³-hybridized carbons (Fsp3) is 0.750. The predicted octanol–water partition coefficient (Wildman–Crippen LogP) is 6.55. The average molecular weight is 306 g/mol. The summed E-state index contributed by atoms with van der Waals surface area (Å²) in [5.41, 5.74) is -0.0612. The third-order valence-corrected chi connectivity index (χ3v) is 4.36. The quantitative estimate of drug-likeness (QED) is 0.385. The van der Waals surface area contributed by atoms with E-state index >= 15 is 0 Å². The molecule has 0 spiro atoms. The largest absolute Gasteiger partial charge is 0.471 e. The highest BCUT2D eigenvalue weighted by Crippen LogP contribution is 2.28. The zero-order chi connectivity index (χ0) is 16.1. The van der Waals surface area contributed by atoms with Gasteiger partial charge in [-0.15, -0.1) is 0 Å². The van der Waals surface area contributed by atoms with Crippen LogP contribution in [0.2, 0.25) is 0 Å². The third-order valence-electron chi connectivity index (χ3n) is 4.36. The first kappa shape index (κ1) is 19.0. The van der Waals surface area contributed by atoms with E-state index < -0.39 is 0 Å². The molecule has 2 heteroatoms. The van der Waals surface area contributed by atoms with Crippen molar-refractivity contribution in [2.24, 2.45) is 0 Å². The van der Waals surface area contributed by atoms with Crippen molar-refractivity contribution in [3.05, 3.63) is 24.4 Å². The molecule has 0 radical (unpaired) electrons. The molecule has 0 aliphatic rings. The number of rotatable bonds is 13. The molecule has 22 heavy (non-hydrogen) atoms. The second-order valence-electron chi connectivity index (χ2n) is 6.69. The van der Waals surface area contributed by atoms with Crippen LogP contribution >= 0.6 is 0 Å². The number of pyridine rings is 1. The molecule has 1 aromatic rings. The minimum Gasteiger partial charge on any atom is -0.471 e. The molecule has 1 heterocycles. The monoisotopic (exact) mass is 305 g/mol. The minimum atomic E-state index is -0.0612. The van der Waals surface area contributed by atoms with Crippen LogP contribution < -0.4 is 4.74 Å². The van der Waals surface area contributed by atoms with Gasteiger partial charge in [-0.1, -0.05) is 64.9 Å². The maximum absolute atomic E-state index is 6.28. The van der Waals surface area contributed by atoms with Crippen LogP contribution in [0.15, 0.2) is 24.4 Å². The molecule has 1 unspecified atom stereocenters. The van der Waals surface area contributed by atoms with Gasteiger partial charge in [-0.2, -0.15) is 0 Å². The topological polar surface area (TPSA) is 22.1 Å². The van der Waals surface area contributed by atoms with E-state index in [4.69, 9.17) is 4.74 Å². The molecule has 1 rings (SSSR count). The van der Waals surface area contributed by atoms with E-state index in [9.17, 15) is 0 Å². The minimum absolute atomic E-state index is 0.0612. The highest BCUT2D eigenvalue weighted by atomic mass is 16.5. The van der Waals surface area contributed by atoms with Crippen LogP contribution in [0.1, 0.15) is 91.4 Å². The van der Waals surface area contributed by atoms with Gasteiger partial charge in [0.05, 0.1) is 0 Å². The molecule has 1 aromatic heterocycles. The number of hydrogen-bond acceptors (Lipinski definition) is 2. The fourth-order valence-corrected chi connectivity index (χ4v) is 2.92. The maximum Gasteiger partial charge on any atom is 0.213 e. The van der Waals surface area contributed by atoms with Crippen molar-refractivity contribution in [3.8, 4) is 5.88 Å². The summed E-state index contributed by atoms with van der Waals surface area (Å²) >= 11 is 0. The Labute approximate surface area is 137 Å². The molecule has 1 atom stereocenters. The zero-order valence-corrected chi connectivity index (χ0v) is 14.9. The first-order chi connectivity index (χ1) is 10.7. The highest BCUT2D eigenvalue weighted by molar-refractivity contribution is 5.10. The van der Waals surface area contributed by atoms with Crippen molar-refractivity contribution < 1.29 is 4.74 Å². The summed E-state index contributed by atoms with van der Waals surface area (Å²) < 4.78 is 6.28. The van der Waals surface area contributed by atoms with Gasteiger partial charge in [0, 0.05) is 12.3 Å². The van der Waals surface area contributed by atoms with Gasteiger partial charge in [0.15, 0.2) is 0 Å². The van der Waals surface area contributed by atoms with Crippen LogP contribution in [0.4, 0.5) is 0 Å². The standard InChI is InChI=1S/C20H35NO/c1-4-6-8-10-13-17-20(3,16-12-9-7-5-2)22-19-15-11-14-18-21-19/h11,14-15,18H,4-10,12-13,16-17H2,1-3H3. The number of unbranched alkanes of at least 4 members (excludes halogenated alkanes) is 7. The van der Waals surface area contributed by atoms with Crippen LogP contribution in [0, 0.1) is 0 Å². The van der Waals surface area contributed by atoms with Gasteiger partial charge < -0.3 is 4.74 Å². The van der Waals surface area contributed by atoms with Crippen LogP contribution in [0.25, 0.3) is 0 Å². The summed E-state index contributed by atoms with van der Waals surface area (Å²) in [6.45, 7) is 6.80. The van der Waals surface area contributed by atoms with Gasteiger partial charge in [0.1, 0.15) is 5.60 Å². The first-order valence-corrected chi connectivity index (χ1v) is 9.30. The Morgan fingerprint density at radius 1 is 0.864 bits per heavy atom. The van der Waals surface area contributed by atoms with Crippen molar-refractivity contribution in [2.45, 2.75) is 97.0 Å². The summed E-state index contributed by atoms with van der Waals surface area (Å²) in [7, 11) is 0. The molecule has 2 nitrogen and oxygen atoms in total. The molecular formula is C20H35NO. The summed E-state index contributed by atoms with van der Waals surface area (Å²) in [6.07, 6.45) is 15.9. The predicted molar refractivity (Wildman–Crippen MR) is 95.4 cm³/mol. The van der Waals surface area contributed by atoms with Gasteiger partial charge >= 0.3 is 0 Å². The second-order valence-corrected chi connectivity index (χ2v) is 6.69. The molecule has 0 amide bonds. The Hall–Kier alpha value is -1.05. The Bertz CT molecular complexity index is 365. The Morgan fingerprint density at radius 3 is 2.00 bits per heavy atom. The lowest BCUT2D eigenvalue weighted by molar-refractivity contribution is 0.0587. The van der Waals surface area contributed by atoms with Gasteiger partial charge in [-0.05, 0) is 38.7 Å². The van der Waals surface area contributed by atoms with E-state index in [1.165, 1.54) is 57.8 Å². The van der Waals surface area contributed by atoms with E-state index in [2.05, 4.69) is 25.8 Å². The normalized spacial score (nSPS) is 13.8. The van der Waals surface area contributed by atoms with E-state index in [0.717, 1.165) is 18.7 Å². The van der Waals surface area contributed by atoms with E-state index in [1.54, 1.807) is 0 Å². The lowest BCUT2D eigenvalue weighted by Crippen LogP contribution is -2.32. The number of nitrogens with zero attached hydrogens (tertiary/aromatic N) is 1. The van der Waals surface area contributed by atoms with Crippen LogP contribution in [0.5, 0.6) is 5.88 Å². The smallest absolute Gasteiger partial charge is 0.213 e. The number of aromatic nitrogens is 1. The molecular weight excluding hydrogens is 270 g/mol. The van der Waals surface area contributed by atoms with Crippen molar-refractivity contribution in [2.75, 3.05) is 0 Å². The summed E-state index contributed by atoms with van der Waals surface area (Å²) in [4.78, 5) is 4.34. The summed E-state index contributed by atoms with van der Waals surface area (Å²) in [6, 6.07) is 5.92. The van der Waals surface area contributed by atoms with Crippen LogP contribution in [-0.2, 0) is 0 Å². The van der Waals surface area contributed by atoms with Gasteiger partial charge in [0.2, 0.25) is 5.88 Å².